The molecule has 1 fully saturated rings. The summed E-state index contributed by atoms with van der Waals surface area (Å²) in [6.45, 7) is 1.39. The Kier molecular flexibility index (Phi) is 5.26. The maximum atomic E-state index is 13.2. The molecular weight excluding hydrogens is 448 g/mol. The van der Waals surface area contributed by atoms with Crippen molar-refractivity contribution in [1.29, 1.82) is 0 Å². The van der Waals surface area contributed by atoms with E-state index in [4.69, 9.17) is 4.74 Å². The normalized spacial score (nSPS) is 18.2. The fraction of sp³-hybridized carbons (Fsp3) is 0.273. The molecule has 5 rings (SSSR count). The van der Waals surface area contributed by atoms with Gasteiger partial charge in [0.15, 0.2) is 5.13 Å². The summed E-state index contributed by atoms with van der Waals surface area (Å²) < 4.78 is 32.9. The molecule has 0 bridgehead atoms. The van der Waals surface area contributed by atoms with Gasteiger partial charge in [0.05, 0.1) is 12.0 Å². The van der Waals surface area contributed by atoms with E-state index in [-0.39, 0.29) is 18.3 Å². The summed E-state index contributed by atoms with van der Waals surface area (Å²) in [5, 5.41) is 2.01. The molecule has 8 nitrogen and oxygen atoms in total. The number of sulfonamides is 1. The molecule has 1 saturated heterocycles. The first-order valence-corrected chi connectivity index (χ1v) is 12.6. The number of rotatable bonds is 6. The second-order valence-corrected chi connectivity index (χ2v) is 10.2. The third-order valence-corrected chi connectivity index (χ3v) is 8.06. The second-order valence-electron chi connectivity index (χ2n) is 7.67. The number of carbonyl (C=O) groups is 1. The molecule has 0 aliphatic carbocycles. The predicted molar refractivity (Wildman–Crippen MR) is 126 cm³/mol. The van der Waals surface area contributed by atoms with Crippen LogP contribution in [-0.4, -0.2) is 45.6 Å². The number of fused-ring (bicyclic) bond motifs is 1. The smallest absolute Gasteiger partial charge is 0.263 e. The number of methoxy groups -OCH3 is 1. The van der Waals surface area contributed by atoms with Gasteiger partial charge in [-0.1, -0.05) is 0 Å². The van der Waals surface area contributed by atoms with Crippen molar-refractivity contribution in [3.05, 3.63) is 59.6 Å². The zero-order valence-corrected chi connectivity index (χ0v) is 19.0. The first kappa shape index (κ1) is 20.8. The lowest BCUT2D eigenvalue weighted by Crippen LogP contribution is -2.41. The molecular formula is C22H24N4O4S2. The van der Waals surface area contributed by atoms with Crippen molar-refractivity contribution in [3.8, 4) is 5.75 Å². The van der Waals surface area contributed by atoms with Crippen LogP contribution in [0, 0.1) is 0 Å². The Balaban J connectivity index is 0.00000259. The standard InChI is InChI=1S/C22H22N4O4S2.H2/c1-30-17-4-7-19-15(14-17)8-11-26(19)20-9-12-25(21(20)27)16-2-5-18(6-3-16)32(28,29)24-22-23-10-13-31-22;/h2-7,10,13-14,20H,8-9,11-12H2,1H3,(H,23,24);1H/t20-;/m0./s1. The van der Waals surface area contributed by atoms with Gasteiger partial charge in [0.25, 0.3) is 10.0 Å². The van der Waals surface area contributed by atoms with Crippen molar-refractivity contribution in [2.75, 3.05) is 34.7 Å². The molecule has 168 valence electrons. The van der Waals surface area contributed by atoms with Crippen molar-refractivity contribution >= 4 is 43.8 Å². The van der Waals surface area contributed by atoms with Gasteiger partial charge in [0.1, 0.15) is 11.8 Å². The van der Waals surface area contributed by atoms with E-state index in [2.05, 4.69) is 14.6 Å². The van der Waals surface area contributed by atoms with E-state index in [0.29, 0.717) is 17.4 Å². The summed E-state index contributed by atoms with van der Waals surface area (Å²) in [5.74, 6) is 0.856. The molecule has 1 amide bonds. The fourth-order valence-corrected chi connectivity index (χ4v) is 6.11. The minimum atomic E-state index is -3.72. The summed E-state index contributed by atoms with van der Waals surface area (Å²) >= 11 is 1.21. The van der Waals surface area contributed by atoms with Crippen molar-refractivity contribution in [3.63, 3.8) is 0 Å². The SMILES string of the molecule is COc1ccc2c(c1)CCN2[C@H]1CCN(c2ccc(S(=O)(=O)Nc3nccs3)cc2)C1=O.[HH]. The molecule has 0 unspecified atom stereocenters. The van der Waals surface area contributed by atoms with E-state index in [0.717, 1.165) is 30.8 Å². The van der Waals surface area contributed by atoms with Crippen LogP contribution >= 0.6 is 11.3 Å². The first-order valence-electron chi connectivity index (χ1n) is 10.2. The van der Waals surface area contributed by atoms with Gasteiger partial charge >= 0.3 is 0 Å². The molecule has 0 spiro atoms. The number of amides is 1. The van der Waals surface area contributed by atoms with Crippen LogP contribution in [0.15, 0.2) is 58.9 Å². The number of hydrogen-bond acceptors (Lipinski definition) is 7. The van der Waals surface area contributed by atoms with Gasteiger partial charge in [-0.2, -0.15) is 0 Å². The van der Waals surface area contributed by atoms with Crippen molar-refractivity contribution in [1.82, 2.24) is 4.98 Å². The monoisotopic (exact) mass is 472 g/mol. The van der Waals surface area contributed by atoms with E-state index < -0.39 is 10.0 Å². The molecule has 3 heterocycles. The average molecular weight is 473 g/mol. The van der Waals surface area contributed by atoms with Crippen molar-refractivity contribution in [2.24, 2.45) is 0 Å². The Bertz CT molecular complexity index is 1250. The predicted octanol–water partition coefficient (Wildman–Crippen LogP) is 3.37. The van der Waals surface area contributed by atoms with Crippen molar-refractivity contribution in [2.45, 2.75) is 23.8 Å². The summed E-state index contributed by atoms with van der Waals surface area (Å²) in [7, 11) is -2.07. The molecule has 10 heteroatoms. The topological polar surface area (TPSA) is 91.8 Å². The second kappa shape index (κ2) is 8.10. The number of carbonyl (C=O) groups excluding carboxylic acids is 1. The lowest BCUT2D eigenvalue weighted by Gasteiger charge is -2.26. The van der Waals surface area contributed by atoms with Gasteiger partial charge in [-0.25, -0.2) is 13.4 Å². The highest BCUT2D eigenvalue weighted by Crippen LogP contribution is 2.36. The quantitative estimate of drug-likeness (QED) is 0.592. The molecule has 2 aliphatic rings. The molecule has 0 radical (unpaired) electrons. The lowest BCUT2D eigenvalue weighted by atomic mass is 10.1. The highest BCUT2D eigenvalue weighted by Gasteiger charge is 2.39. The van der Waals surface area contributed by atoms with E-state index in [1.807, 2.05) is 18.2 Å². The first-order chi connectivity index (χ1) is 15.5. The third-order valence-electron chi connectivity index (χ3n) is 5.88. The van der Waals surface area contributed by atoms with Crippen LogP contribution in [0.3, 0.4) is 0 Å². The van der Waals surface area contributed by atoms with Gasteiger partial charge in [-0.15, -0.1) is 11.3 Å². The van der Waals surface area contributed by atoms with Gasteiger partial charge in [0, 0.05) is 37.5 Å². The van der Waals surface area contributed by atoms with Gasteiger partial charge in [-0.05, 0) is 60.9 Å². The largest absolute Gasteiger partial charge is 0.497 e. The number of anilines is 3. The number of nitrogens with one attached hydrogen (secondary N) is 1. The molecule has 32 heavy (non-hydrogen) atoms. The van der Waals surface area contributed by atoms with Gasteiger partial charge in [-0.3, -0.25) is 9.52 Å². The zero-order valence-electron chi connectivity index (χ0n) is 17.4. The van der Waals surface area contributed by atoms with Gasteiger partial charge < -0.3 is 14.5 Å². The van der Waals surface area contributed by atoms with Crippen molar-refractivity contribution < 1.29 is 19.4 Å². The fourth-order valence-electron chi connectivity index (χ4n) is 4.32. The number of thiazole rings is 1. The Hall–Kier alpha value is -3.11. The summed E-state index contributed by atoms with van der Waals surface area (Å²) in [6, 6.07) is 12.1. The molecule has 1 atom stereocenters. The van der Waals surface area contributed by atoms with Crippen LogP contribution in [0.5, 0.6) is 5.75 Å². The number of hydrogen-bond donors (Lipinski definition) is 1. The number of benzene rings is 2. The highest BCUT2D eigenvalue weighted by molar-refractivity contribution is 7.93. The number of ether oxygens (including phenoxy) is 1. The maximum absolute atomic E-state index is 13.2. The van der Waals surface area contributed by atoms with Crippen LogP contribution < -0.4 is 19.3 Å². The molecule has 1 aromatic heterocycles. The Morgan fingerprint density at radius 1 is 1.19 bits per heavy atom. The summed E-state index contributed by atoms with van der Waals surface area (Å²) in [5.41, 5.74) is 2.97. The minimum absolute atomic E-state index is 0. The molecule has 2 aromatic carbocycles. The van der Waals surface area contributed by atoms with Crippen LogP contribution in [0.1, 0.15) is 13.4 Å². The zero-order chi connectivity index (χ0) is 22.3. The van der Waals surface area contributed by atoms with E-state index in [1.165, 1.54) is 35.2 Å². The van der Waals surface area contributed by atoms with Crippen LogP contribution in [-0.2, 0) is 21.2 Å². The van der Waals surface area contributed by atoms with Crippen LogP contribution in [0.4, 0.5) is 16.5 Å². The maximum Gasteiger partial charge on any atom is 0.263 e. The van der Waals surface area contributed by atoms with E-state index in [9.17, 15) is 13.2 Å². The minimum Gasteiger partial charge on any atom is -0.497 e. The number of nitrogens with zero attached hydrogens (tertiary/aromatic N) is 3. The summed E-state index contributed by atoms with van der Waals surface area (Å²) in [6.07, 6.45) is 3.14. The Morgan fingerprint density at radius 2 is 2.00 bits per heavy atom. The number of aromatic nitrogens is 1. The highest BCUT2D eigenvalue weighted by atomic mass is 32.2. The molecule has 2 aliphatic heterocycles. The molecule has 0 saturated carbocycles. The van der Waals surface area contributed by atoms with Crippen LogP contribution in [0.25, 0.3) is 0 Å². The molecule has 1 N–H and O–H groups in total. The average Bonchev–Trinajstić information content (AvgIpc) is 3.53. The van der Waals surface area contributed by atoms with Gasteiger partial charge in [0.2, 0.25) is 5.91 Å². The van der Waals surface area contributed by atoms with E-state index in [1.54, 1.807) is 29.5 Å². The van der Waals surface area contributed by atoms with Crippen LogP contribution in [0.2, 0.25) is 0 Å². The Morgan fingerprint density at radius 3 is 2.72 bits per heavy atom. The Labute approximate surface area is 192 Å². The summed E-state index contributed by atoms with van der Waals surface area (Å²) in [4.78, 5) is 21.2. The van der Waals surface area contributed by atoms with E-state index >= 15 is 0 Å². The molecule has 3 aromatic rings. The lowest BCUT2D eigenvalue weighted by molar-refractivity contribution is -0.118. The third kappa shape index (κ3) is 3.69.